The molecule has 128 valence electrons. The lowest BCUT2D eigenvalue weighted by atomic mass is 10.1. The lowest BCUT2D eigenvalue weighted by molar-refractivity contribution is -0.118. The second-order valence-corrected chi connectivity index (χ2v) is 6.93. The predicted molar refractivity (Wildman–Crippen MR) is 93.5 cm³/mol. The summed E-state index contributed by atoms with van der Waals surface area (Å²) in [6.45, 7) is 0. The Morgan fingerprint density at radius 1 is 1.17 bits per heavy atom. The highest BCUT2D eigenvalue weighted by Crippen LogP contribution is 2.30. The Labute approximate surface area is 140 Å². The first-order valence-corrected chi connectivity index (χ1v) is 8.96. The first-order chi connectivity index (χ1) is 11.3. The summed E-state index contributed by atoms with van der Waals surface area (Å²) in [5.41, 5.74) is 6.97. The number of ether oxygens (including phenoxy) is 1. The molecule has 0 radical (unpaired) electrons. The summed E-state index contributed by atoms with van der Waals surface area (Å²) in [5, 5.41) is 3.01. The Morgan fingerprint density at radius 2 is 1.83 bits per heavy atom. The molecule has 0 saturated heterocycles. The Hall–Kier alpha value is -2.74. The number of nitrogens with two attached hydrogens (primary N) is 1. The Bertz CT molecular complexity index is 822. The summed E-state index contributed by atoms with van der Waals surface area (Å²) in [5.74, 6) is -0.184. The Kier molecular flexibility index (Phi) is 5.30. The van der Waals surface area contributed by atoms with Crippen molar-refractivity contribution in [2.75, 3.05) is 23.4 Å². The fraction of sp³-hybridized carbons (Fsp3) is 0.188. The smallest absolute Gasteiger partial charge is 0.244 e. The highest BCUT2D eigenvalue weighted by atomic mass is 32.2. The number of benzene rings is 2. The number of anilines is 2. The van der Waals surface area contributed by atoms with Gasteiger partial charge in [-0.1, -0.05) is 30.3 Å². The average Bonchev–Trinajstić information content (AvgIpc) is 2.52. The summed E-state index contributed by atoms with van der Waals surface area (Å²) in [7, 11) is -2.04. The molecule has 0 spiro atoms. The number of methoxy groups -OCH3 is 1. The quantitative estimate of drug-likeness (QED) is 0.705. The van der Waals surface area contributed by atoms with Gasteiger partial charge in [-0.15, -0.1) is 0 Å². The maximum Gasteiger partial charge on any atom is 0.244 e. The first kappa shape index (κ1) is 17.6. The minimum Gasteiger partial charge on any atom is -0.495 e. The fourth-order valence-corrected chi connectivity index (χ4v) is 2.77. The number of amides is 1. The van der Waals surface area contributed by atoms with E-state index in [1.807, 2.05) is 6.07 Å². The zero-order valence-corrected chi connectivity index (χ0v) is 14.1. The third kappa shape index (κ3) is 4.63. The molecular formula is C16H19N3O4S. The standard InChI is InChI=1S/C16H19N3O4S/c1-23-14-9-8-12(10-13(14)19-24(2,21)22)18-15(16(17)20)11-6-4-3-5-7-11/h3-10,15,18-19H,1-2H3,(H2,17,20)/t15-/m1/s1. The number of rotatable bonds is 7. The number of carbonyl (C=O) groups excluding carboxylic acids is 1. The summed E-state index contributed by atoms with van der Waals surface area (Å²) < 4.78 is 30.5. The molecule has 7 nitrogen and oxygen atoms in total. The van der Waals surface area contributed by atoms with E-state index >= 15 is 0 Å². The van der Waals surface area contributed by atoms with E-state index < -0.39 is 22.0 Å². The normalized spacial score (nSPS) is 12.2. The molecule has 0 heterocycles. The lowest BCUT2D eigenvalue weighted by Crippen LogP contribution is -2.27. The van der Waals surface area contributed by atoms with Crippen LogP contribution in [0.5, 0.6) is 5.75 Å². The minimum atomic E-state index is -3.47. The highest BCUT2D eigenvalue weighted by molar-refractivity contribution is 7.92. The van der Waals surface area contributed by atoms with Gasteiger partial charge in [0, 0.05) is 5.69 Å². The van der Waals surface area contributed by atoms with Gasteiger partial charge in [0.15, 0.2) is 0 Å². The molecule has 0 aliphatic carbocycles. The van der Waals surface area contributed by atoms with E-state index in [4.69, 9.17) is 10.5 Å². The van der Waals surface area contributed by atoms with Crippen molar-refractivity contribution < 1.29 is 17.9 Å². The second kappa shape index (κ2) is 7.22. The third-order valence-electron chi connectivity index (χ3n) is 3.22. The van der Waals surface area contributed by atoms with Crippen molar-refractivity contribution >= 4 is 27.3 Å². The van der Waals surface area contributed by atoms with Crippen molar-refractivity contribution in [3.05, 3.63) is 54.1 Å². The molecule has 2 rings (SSSR count). The van der Waals surface area contributed by atoms with Crippen LogP contribution in [-0.4, -0.2) is 27.7 Å². The van der Waals surface area contributed by atoms with Gasteiger partial charge in [0.1, 0.15) is 11.8 Å². The number of primary amides is 1. The highest BCUT2D eigenvalue weighted by Gasteiger charge is 2.18. The molecule has 2 aromatic carbocycles. The zero-order chi connectivity index (χ0) is 17.7. The van der Waals surface area contributed by atoms with Crippen molar-refractivity contribution in [3.8, 4) is 5.75 Å². The van der Waals surface area contributed by atoms with Crippen molar-refractivity contribution in [1.29, 1.82) is 0 Å². The van der Waals surface area contributed by atoms with E-state index in [2.05, 4.69) is 10.0 Å². The topological polar surface area (TPSA) is 111 Å². The molecule has 1 amide bonds. The number of nitrogens with one attached hydrogen (secondary N) is 2. The van der Waals surface area contributed by atoms with Gasteiger partial charge in [-0.3, -0.25) is 9.52 Å². The molecule has 0 fully saturated rings. The largest absolute Gasteiger partial charge is 0.495 e. The van der Waals surface area contributed by atoms with Crippen LogP contribution in [0.4, 0.5) is 11.4 Å². The number of hydrogen-bond donors (Lipinski definition) is 3. The Morgan fingerprint density at radius 3 is 2.38 bits per heavy atom. The summed E-state index contributed by atoms with van der Waals surface area (Å²) in [6, 6.07) is 13.1. The molecule has 4 N–H and O–H groups in total. The second-order valence-electron chi connectivity index (χ2n) is 5.18. The molecular weight excluding hydrogens is 330 g/mol. The average molecular weight is 349 g/mol. The zero-order valence-electron chi connectivity index (χ0n) is 13.3. The van der Waals surface area contributed by atoms with Gasteiger partial charge in [-0.2, -0.15) is 0 Å². The fourth-order valence-electron chi connectivity index (χ4n) is 2.21. The molecule has 0 saturated carbocycles. The van der Waals surface area contributed by atoms with Gasteiger partial charge in [0.25, 0.3) is 0 Å². The van der Waals surface area contributed by atoms with Crippen LogP contribution in [0.3, 0.4) is 0 Å². The van der Waals surface area contributed by atoms with Crippen molar-refractivity contribution in [3.63, 3.8) is 0 Å². The van der Waals surface area contributed by atoms with E-state index in [9.17, 15) is 13.2 Å². The molecule has 0 aliphatic heterocycles. The van der Waals surface area contributed by atoms with Crippen molar-refractivity contribution in [2.24, 2.45) is 5.73 Å². The predicted octanol–water partition coefficient (Wildman–Crippen LogP) is 1.71. The number of sulfonamides is 1. The van der Waals surface area contributed by atoms with Crippen LogP contribution >= 0.6 is 0 Å². The van der Waals surface area contributed by atoms with E-state index in [0.717, 1.165) is 6.26 Å². The molecule has 1 atom stereocenters. The minimum absolute atomic E-state index is 0.265. The van der Waals surface area contributed by atoms with Crippen LogP contribution in [0.15, 0.2) is 48.5 Å². The van der Waals surface area contributed by atoms with E-state index in [-0.39, 0.29) is 5.69 Å². The molecule has 0 bridgehead atoms. The molecule has 8 heteroatoms. The SMILES string of the molecule is COc1ccc(N[C@@H](C(N)=O)c2ccccc2)cc1NS(C)(=O)=O. The van der Waals surface area contributed by atoms with Crippen LogP contribution in [0, 0.1) is 0 Å². The van der Waals surface area contributed by atoms with Gasteiger partial charge < -0.3 is 15.8 Å². The van der Waals surface area contributed by atoms with Gasteiger partial charge >= 0.3 is 0 Å². The third-order valence-corrected chi connectivity index (χ3v) is 3.81. The monoisotopic (exact) mass is 349 g/mol. The first-order valence-electron chi connectivity index (χ1n) is 7.07. The van der Waals surface area contributed by atoms with E-state index in [1.54, 1.807) is 42.5 Å². The summed E-state index contributed by atoms with van der Waals surface area (Å²) >= 11 is 0. The molecule has 0 unspecified atom stereocenters. The van der Waals surface area contributed by atoms with Crippen molar-refractivity contribution in [2.45, 2.75) is 6.04 Å². The van der Waals surface area contributed by atoms with Crippen LogP contribution in [0.2, 0.25) is 0 Å². The van der Waals surface area contributed by atoms with Crippen LogP contribution in [-0.2, 0) is 14.8 Å². The summed E-state index contributed by atoms with van der Waals surface area (Å²) in [6.07, 6.45) is 1.04. The van der Waals surface area contributed by atoms with Crippen LogP contribution in [0.1, 0.15) is 11.6 Å². The maximum absolute atomic E-state index is 11.8. The maximum atomic E-state index is 11.8. The molecule has 24 heavy (non-hydrogen) atoms. The number of carbonyl (C=O) groups is 1. The van der Waals surface area contributed by atoms with E-state index in [1.165, 1.54) is 7.11 Å². The van der Waals surface area contributed by atoms with E-state index in [0.29, 0.717) is 17.0 Å². The van der Waals surface area contributed by atoms with Gasteiger partial charge in [0.05, 0.1) is 19.1 Å². The molecule has 2 aromatic rings. The molecule has 0 aliphatic rings. The van der Waals surface area contributed by atoms with Gasteiger partial charge in [-0.05, 0) is 23.8 Å². The Balaban J connectivity index is 2.34. The van der Waals surface area contributed by atoms with Crippen molar-refractivity contribution in [1.82, 2.24) is 0 Å². The van der Waals surface area contributed by atoms with Gasteiger partial charge in [0.2, 0.25) is 15.9 Å². The van der Waals surface area contributed by atoms with Crippen LogP contribution < -0.4 is 20.5 Å². The molecule has 0 aromatic heterocycles. The number of hydrogen-bond acceptors (Lipinski definition) is 5. The van der Waals surface area contributed by atoms with Gasteiger partial charge in [-0.25, -0.2) is 8.42 Å². The van der Waals surface area contributed by atoms with Crippen LogP contribution in [0.25, 0.3) is 0 Å². The lowest BCUT2D eigenvalue weighted by Gasteiger charge is -2.19. The summed E-state index contributed by atoms with van der Waals surface area (Å²) in [4.78, 5) is 11.8.